The number of benzene rings is 1. The highest BCUT2D eigenvalue weighted by molar-refractivity contribution is 5.74. The van der Waals surface area contributed by atoms with E-state index in [1.807, 2.05) is 0 Å². The zero-order valence-electron chi connectivity index (χ0n) is 16.8. The van der Waals surface area contributed by atoms with Crippen LogP contribution >= 0.6 is 0 Å². The smallest absolute Gasteiger partial charge is 0.317 e. The molecule has 0 bridgehead atoms. The van der Waals surface area contributed by atoms with Gasteiger partial charge in [-0.05, 0) is 37.4 Å². The Labute approximate surface area is 166 Å². The molecule has 28 heavy (non-hydrogen) atoms. The average Bonchev–Trinajstić information content (AvgIpc) is 2.66. The number of morpholine rings is 1. The molecule has 2 unspecified atom stereocenters. The van der Waals surface area contributed by atoms with Gasteiger partial charge in [0.1, 0.15) is 0 Å². The molecular formula is C21H31N3O4. The Morgan fingerprint density at radius 1 is 1.39 bits per heavy atom. The summed E-state index contributed by atoms with van der Waals surface area (Å²) in [4.78, 5) is 27.1. The average molecular weight is 389 g/mol. The number of hydrogen-bond acceptors (Lipinski definition) is 4. The number of nitrogens with one attached hydrogen (secondary N) is 1. The summed E-state index contributed by atoms with van der Waals surface area (Å²) in [7, 11) is 1.75. The second-order valence-electron chi connectivity index (χ2n) is 8.26. The van der Waals surface area contributed by atoms with Crippen LogP contribution in [0.4, 0.5) is 4.79 Å². The van der Waals surface area contributed by atoms with E-state index in [9.17, 15) is 9.59 Å². The monoisotopic (exact) mass is 389 g/mol. The number of hydrogen-bond donors (Lipinski definition) is 2. The molecule has 1 heterocycles. The summed E-state index contributed by atoms with van der Waals surface area (Å²) in [6.45, 7) is 4.80. The second kappa shape index (κ2) is 8.92. The second-order valence-corrected chi connectivity index (χ2v) is 8.26. The Bertz CT molecular complexity index is 711. The van der Waals surface area contributed by atoms with E-state index in [2.05, 4.69) is 36.5 Å². The third-order valence-electron chi connectivity index (χ3n) is 5.82. The molecular weight excluding hydrogens is 358 g/mol. The largest absolute Gasteiger partial charge is 0.480 e. The van der Waals surface area contributed by atoms with E-state index in [4.69, 9.17) is 9.84 Å². The number of carbonyl (C=O) groups excluding carboxylic acids is 1. The standard InChI is InChI=1S/C21H31N3O4/c1-21(9-5-7-16-6-3-4-8-18(16)21)15-22-20(27)24-10-11-28-17(13-24)12-23(2)14-19(25)26/h3-4,6,8,17H,5,7,9-15H2,1-2H3,(H,22,27)(H,25,26). The molecule has 1 aromatic rings. The molecule has 3 rings (SSSR count). The molecule has 154 valence electrons. The molecule has 7 heteroatoms. The summed E-state index contributed by atoms with van der Waals surface area (Å²) in [5, 5.41) is 12.0. The topological polar surface area (TPSA) is 82.1 Å². The van der Waals surface area contributed by atoms with Gasteiger partial charge in [-0.25, -0.2) is 4.79 Å². The van der Waals surface area contributed by atoms with Crippen LogP contribution in [0.15, 0.2) is 24.3 Å². The minimum atomic E-state index is -0.867. The molecule has 0 aromatic heterocycles. The molecule has 1 aliphatic heterocycles. The van der Waals surface area contributed by atoms with Crippen LogP contribution in [0.25, 0.3) is 0 Å². The van der Waals surface area contributed by atoms with Crippen molar-refractivity contribution in [2.45, 2.75) is 37.7 Å². The Kier molecular flexibility index (Phi) is 6.57. The van der Waals surface area contributed by atoms with Gasteiger partial charge in [0.2, 0.25) is 0 Å². The predicted octanol–water partition coefficient (Wildman–Crippen LogP) is 1.71. The van der Waals surface area contributed by atoms with E-state index < -0.39 is 5.97 Å². The third kappa shape index (κ3) is 5.02. The minimum absolute atomic E-state index is 0.0379. The summed E-state index contributed by atoms with van der Waals surface area (Å²) in [5.74, 6) is -0.867. The maximum Gasteiger partial charge on any atom is 0.317 e. The lowest BCUT2D eigenvalue weighted by Crippen LogP contribution is -2.54. The van der Waals surface area contributed by atoms with Gasteiger partial charge in [-0.3, -0.25) is 9.69 Å². The van der Waals surface area contributed by atoms with Crippen molar-refractivity contribution < 1.29 is 19.4 Å². The Hall–Kier alpha value is -2.12. The first-order chi connectivity index (χ1) is 13.4. The number of carboxylic acids is 1. The molecule has 7 nitrogen and oxygen atoms in total. The van der Waals surface area contributed by atoms with E-state index in [1.165, 1.54) is 11.1 Å². The first-order valence-electron chi connectivity index (χ1n) is 10.0. The molecule has 1 aliphatic carbocycles. The fraction of sp³-hybridized carbons (Fsp3) is 0.619. The minimum Gasteiger partial charge on any atom is -0.480 e. The van der Waals surface area contributed by atoms with E-state index in [0.717, 1.165) is 19.3 Å². The Balaban J connectivity index is 1.54. The Morgan fingerprint density at radius 3 is 2.96 bits per heavy atom. The molecule has 1 aromatic carbocycles. The summed E-state index contributed by atoms with van der Waals surface area (Å²) < 4.78 is 5.72. The van der Waals surface area contributed by atoms with Crippen LogP contribution < -0.4 is 5.32 Å². The third-order valence-corrected chi connectivity index (χ3v) is 5.82. The number of ether oxygens (including phenoxy) is 1. The van der Waals surface area contributed by atoms with Crippen molar-refractivity contribution in [3.63, 3.8) is 0 Å². The fourth-order valence-corrected chi connectivity index (χ4v) is 4.35. The quantitative estimate of drug-likeness (QED) is 0.774. The fourth-order valence-electron chi connectivity index (χ4n) is 4.35. The van der Waals surface area contributed by atoms with Crippen LogP contribution in [0.1, 0.15) is 30.9 Å². The van der Waals surface area contributed by atoms with Gasteiger partial charge in [0.25, 0.3) is 0 Å². The van der Waals surface area contributed by atoms with Crippen molar-refractivity contribution in [2.75, 3.05) is 46.4 Å². The van der Waals surface area contributed by atoms with Gasteiger partial charge in [0.15, 0.2) is 0 Å². The highest BCUT2D eigenvalue weighted by atomic mass is 16.5. The molecule has 2 atom stereocenters. The number of carboxylic acid groups (broad SMARTS) is 1. The molecule has 1 fully saturated rings. The van der Waals surface area contributed by atoms with Crippen molar-refractivity contribution in [1.82, 2.24) is 15.1 Å². The van der Waals surface area contributed by atoms with Crippen LogP contribution in [0.5, 0.6) is 0 Å². The van der Waals surface area contributed by atoms with Crippen LogP contribution in [0.3, 0.4) is 0 Å². The number of aliphatic carboxylic acids is 1. The number of amides is 2. The van der Waals surface area contributed by atoms with Gasteiger partial charge in [0, 0.05) is 31.6 Å². The number of carbonyl (C=O) groups is 2. The highest BCUT2D eigenvalue weighted by Gasteiger charge is 2.33. The van der Waals surface area contributed by atoms with Gasteiger partial charge in [-0.15, -0.1) is 0 Å². The van der Waals surface area contributed by atoms with E-state index in [-0.39, 0.29) is 24.1 Å². The first kappa shape index (κ1) is 20.6. The normalized spacial score (nSPS) is 24.7. The lowest BCUT2D eigenvalue weighted by molar-refractivity contribution is -0.138. The summed E-state index contributed by atoms with van der Waals surface area (Å²) in [6.07, 6.45) is 3.14. The van der Waals surface area contributed by atoms with Gasteiger partial charge in [-0.1, -0.05) is 31.2 Å². The van der Waals surface area contributed by atoms with Crippen molar-refractivity contribution in [3.05, 3.63) is 35.4 Å². The SMILES string of the molecule is CN(CC(=O)O)CC1CN(C(=O)NCC2(C)CCCc3ccccc32)CCO1. The van der Waals surface area contributed by atoms with Crippen molar-refractivity contribution in [1.29, 1.82) is 0 Å². The van der Waals surface area contributed by atoms with E-state index in [1.54, 1.807) is 16.8 Å². The lowest BCUT2D eigenvalue weighted by Gasteiger charge is -2.38. The van der Waals surface area contributed by atoms with Crippen molar-refractivity contribution >= 4 is 12.0 Å². The molecule has 0 saturated carbocycles. The van der Waals surface area contributed by atoms with E-state index >= 15 is 0 Å². The van der Waals surface area contributed by atoms with Gasteiger partial charge in [0.05, 0.1) is 19.3 Å². The number of urea groups is 1. The Morgan fingerprint density at radius 2 is 2.18 bits per heavy atom. The molecule has 2 aliphatic rings. The first-order valence-corrected chi connectivity index (χ1v) is 10.0. The number of aryl methyl sites for hydroxylation is 1. The van der Waals surface area contributed by atoms with Gasteiger partial charge >= 0.3 is 12.0 Å². The number of fused-ring (bicyclic) bond motifs is 1. The van der Waals surface area contributed by atoms with Crippen molar-refractivity contribution in [2.24, 2.45) is 0 Å². The highest BCUT2D eigenvalue weighted by Crippen LogP contribution is 2.36. The maximum atomic E-state index is 12.8. The van der Waals surface area contributed by atoms with Crippen LogP contribution in [-0.4, -0.2) is 79.4 Å². The molecule has 0 spiro atoms. The summed E-state index contributed by atoms with van der Waals surface area (Å²) in [6, 6.07) is 8.46. The molecule has 2 N–H and O–H groups in total. The predicted molar refractivity (Wildman–Crippen MR) is 107 cm³/mol. The number of likely N-dealkylation sites (N-methyl/N-ethyl adjacent to an activating group) is 1. The number of rotatable bonds is 6. The zero-order valence-corrected chi connectivity index (χ0v) is 16.8. The van der Waals surface area contributed by atoms with Crippen LogP contribution in [0, 0.1) is 0 Å². The van der Waals surface area contributed by atoms with Crippen LogP contribution in [-0.2, 0) is 21.4 Å². The van der Waals surface area contributed by atoms with Crippen LogP contribution in [0.2, 0.25) is 0 Å². The zero-order chi connectivity index (χ0) is 20.1. The van der Waals surface area contributed by atoms with Crippen molar-refractivity contribution in [3.8, 4) is 0 Å². The maximum absolute atomic E-state index is 12.8. The number of nitrogens with zero attached hydrogens (tertiary/aromatic N) is 2. The van der Waals surface area contributed by atoms with Gasteiger partial charge < -0.3 is 20.1 Å². The van der Waals surface area contributed by atoms with Gasteiger partial charge in [-0.2, -0.15) is 0 Å². The summed E-state index contributed by atoms with van der Waals surface area (Å²) >= 11 is 0. The molecule has 0 radical (unpaired) electrons. The molecule has 2 amide bonds. The molecule has 1 saturated heterocycles. The van der Waals surface area contributed by atoms with E-state index in [0.29, 0.717) is 32.8 Å². The lowest BCUT2D eigenvalue weighted by atomic mass is 9.71. The summed E-state index contributed by atoms with van der Waals surface area (Å²) in [5.41, 5.74) is 2.69.